The molecule has 3 aromatic rings. The highest BCUT2D eigenvalue weighted by Gasteiger charge is 2.34. The number of nitrogens with zero attached hydrogens (tertiary/aromatic N) is 4. The number of ether oxygens (including phenoxy) is 1. The number of carboxylic acid groups (broad SMARTS) is 1. The van der Waals surface area contributed by atoms with E-state index in [-0.39, 0.29) is 27.4 Å². The fourth-order valence-corrected chi connectivity index (χ4v) is 4.40. The normalized spacial score (nSPS) is 16.7. The third-order valence-electron chi connectivity index (χ3n) is 5.68. The van der Waals surface area contributed by atoms with Gasteiger partial charge in [-0.25, -0.2) is 14.8 Å². The average molecular weight is 507 g/mol. The number of hydrogen-bond acceptors (Lipinski definition) is 7. The summed E-state index contributed by atoms with van der Waals surface area (Å²) in [5, 5.41) is 16.7. The number of amides is 1. The van der Waals surface area contributed by atoms with Gasteiger partial charge in [-0.2, -0.15) is 4.68 Å². The Morgan fingerprint density at radius 2 is 1.91 bits per heavy atom. The summed E-state index contributed by atoms with van der Waals surface area (Å²) in [5.41, 5.74) is 0.657. The van der Waals surface area contributed by atoms with Crippen LogP contribution in [0.1, 0.15) is 87.7 Å². The summed E-state index contributed by atoms with van der Waals surface area (Å²) >= 11 is 0.920. The number of thiazole rings is 1. The third-order valence-corrected chi connectivity index (χ3v) is 6.65. The van der Waals surface area contributed by atoms with Gasteiger partial charge < -0.3 is 15.2 Å². The first-order valence-corrected chi connectivity index (χ1v) is 11.8. The van der Waals surface area contributed by atoms with Crippen molar-refractivity contribution in [1.29, 1.82) is 0 Å². The molecule has 2 N–H and O–H groups in total. The Kier molecular flexibility index (Phi) is 5.74. The molecule has 13 heteroatoms. The van der Waals surface area contributed by atoms with Crippen LogP contribution in [0.25, 0.3) is 5.13 Å². The predicted octanol–water partition coefficient (Wildman–Crippen LogP) is 4.57. The minimum Gasteiger partial charge on any atom is -0.477 e. The van der Waals surface area contributed by atoms with Gasteiger partial charge in [0.1, 0.15) is 10.6 Å². The first-order valence-electron chi connectivity index (χ1n) is 11.0. The molecule has 1 aromatic carbocycles. The number of halogens is 3. The number of carboxylic acids is 1. The molecule has 2 aliphatic rings. The molecular formula is C22H20F3N5O4S. The molecule has 2 heterocycles. The van der Waals surface area contributed by atoms with E-state index in [1.54, 1.807) is 13.0 Å². The highest BCUT2D eigenvalue weighted by molar-refractivity contribution is 7.15. The number of rotatable bonds is 8. The van der Waals surface area contributed by atoms with Gasteiger partial charge in [0, 0.05) is 11.5 Å². The second-order valence-corrected chi connectivity index (χ2v) is 9.64. The van der Waals surface area contributed by atoms with Crippen molar-refractivity contribution in [1.82, 2.24) is 25.1 Å². The maximum Gasteiger partial charge on any atom is 0.573 e. The van der Waals surface area contributed by atoms with Crippen molar-refractivity contribution in [3.63, 3.8) is 0 Å². The molecule has 0 aliphatic heterocycles. The second-order valence-electron chi connectivity index (χ2n) is 8.63. The number of alkyl halides is 3. The molecule has 35 heavy (non-hydrogen) atoms. The highest BCUT2D eigenvalue weighted by atomic mass is 32.1. The van der Waals surface area contributed by atoms with Crippen molar-refractivity contribution >= 4 is 23.2 Å². The van der Waals surface area contributed by atoms with E-state index in [4.69, 9.17) is 0 Å². The number of nitrogens with one attached hydrogen (secondary N) is 1. The summed E-state index contributed by atoms with van der Waals surface area (Å²) in [5.74, 6) is -0.946. The van der Waals surface area contributed by atoms with Gasteiger partial charge in [0.15, 0.2) is 11.6 Å². The number of carbonyl (C=O) groups excluding carboxylic acids is 1. The van der Waals surface area contributed by atoms with Gasteiger partial charge in [-0.05, 0) is 62.3 Å². The van der Waals surface area contributed by atoms with E-state index in [1.165, 1.54) is 16.9 Å². The highest BCUT2D eigenvalue weighted by Crippen LogP contribution is 2.42. The minimum absolute atomic E-state index is 0.0280. The monoisotopic (exact) mass is 507 g/mol. The Morgan fingerprint density at radius 1 is 1.20 bits per heavy atom. The summed E-state index contributed by atoms with van der Waals surface area (Å²) in [7, 11) is 0. The molecule has 2 aromatic heterocycles. The first-order chi connectivity index (χ1) is 16.6. The van der Waals surface area contributed by atoms with Crippen LogP contribution in [0.2, 0.25) is 0 Å². The lowest BCUT2D eigenvalue weighted by atomic mass is 10.1. The molecule has 1 atom stereocenters. The van der Waals surface area contributed by atoms with Crippen molar-refractivity contribution in [2.75, 3.05) is 0 Å². The fourth-order valence-electron chi connectivity index (χ4n) is 3.68. The van der Waals surface area contributed by atoms with Crippen LogP contribution < -0.4 is 10.1 Å². The van der Waals surface area contributed by atoms with Crippen LogP contribution in [0, 0.1) is 0 Å². The topological polar surface area (TPSA) is 119 Å². The molecule has 0 saturated heterocycles. The van der Waals surface area contributed by atoms with Gasteiger partial charge in [-0.1, -0.05) is 11.3 Å². The first kappa shape index (κ1) is 23.3. The van der Waals surface area contributed by atoms with Crippen LogP contribution in [0.15, 0.2) is 24.4 Å². The van der Waals surface area contributed by atoms with Crippen LogP contribution in [0.5, 0.6) is 5.75 Å². The van der Waals surface area contributed by atoms with Gasteiger partial charge in [0.2, 0.25) is 5.13 Å². The zero-order valence-corrected chi connectivity index (χ0v) is 19.2. The Morgan fingerprint density at radius 3 is 2.51 bits per heavy atom. The summed E-state index contributed by atoms with van der Waals surface area (Å²) in [6, 6.07) is 3.24. The van der Waals surface area contributed by atoms with Crippen molar-refractivity contribution in [3.8, 4) is 10.9 Å². The molecule has 1 amide bonds. The van der Waals surface area contributed by atoms with E-state index in [1.807, 2.05) is 0 Å². The van der Waals surface area contributed by atoms with Crippen LogP contribution >= 0.6 is 11.3 Å². The molecule has 2 aliphatic carbocycles. The lowest BCUT2D eigenvalue weighted by Crippen LogP contribution is -2.29. The zero-order chi connectivity index (χ0) is 24.9. The summed E-state index contributed by atoms with van der Waals surface area (Å²) < 4.78 is 43.9. The van der Waals surface area contributed by atoms with E-state index in [0.717, 1.165) is 43.1 Å². The molecule has 2 fully saturated rings. The molecule has 0 bridgehead atoms. The van der Waals surface area contributed by atoms with Crippen molar-refractivity contribution < 1.29 is 32.6 Å². The van der Waals surface area contributed by atoms with Gasteiger partial charge in [0.25, 0.3) is 5.91 Å². The van der Waals surface area contributed by atoms with Crippen molar-refractivity contribution in [3.05, 3.63) is 52.0 Å². The Labute approximate surface area is 201 Å². The standard InChI is InChI=1S/C22H20F3N5O4S/c1-10(18-28-17(12-4-5-12)29-30(18)21-26-9-16(35-21)20(32)33)27-19(31)14-6-13(11-2-3-11)7-15(8-14)34-22(23,24)25/h6-12H,2-5H2,1H3,(H,27,31)(H,32,33). The average Bonchev–Trinajstić information content (AvgIpc) is 3.70. The maximum atomic E-state index is 13.0. The largest absolute Gasteiger partial charge is 0.573 e. The van der Waals surface area contributed by atoms with E-state index in [2.05, 4.69) is 25.1 Å². The quantitative estimate of drug-likeness (QED) is 0.459. The van der Waals surface area contributed by atoms with E-state index >= 15 is 0 Å². The van der Waals surface area contributed by atoms with E-state index in [9.17, 15) is 27.9 Å². The van der Waals surface area contributed by atoms with Crippen LogP contribution in [-0.2, 0) is 0 Å². The maximum absolute atomic E-state index is 13.0. The number of aromatic nitrogens is 4. The summed E-state index contributed by atoms with van der Waals surface area (Å²) in [6.07, 6.45) is -0.115. The molecular weight excluding hydrogens is 487 g/mol. The minimum atomic E-state index is -4.87. The van der Waals surface area contributed by atoms with Gasteiger partial charge in [-0.3, -0.25) is 4.79 Å². The van der Waals surface area contributed by atoms with Gasteiger partial charge in [-0.15, -0.1) is 18.3 Å². The molecule has 1 unspecified atom stereocenters. The Bertz CT molecular complexity index is 1300. The molecule has 9 nitrogen and oxygen atoms in total. The van der Waals surface area contributed by atoms with Crippen LogP contribution in [0.3, 0.4) is 0 Å². The second kappa shape index (κ2) is 8.63. The summed E-state index contributed by atoms with van der Waals surface area (Å²) in [4.78, 5) is 33.0. The van der Waals surface area contributed by atoms with Crippen molar-refractivity contribution in [2.24, 2.45) is 0 Å². The van der Waals surface area contributed by atoms with Gasteiger partial charge >= 0.3 is 12.3 Å². The summed E-state index contributed by atoms with van der Waals surface area (Å²) in [6.45, 7) is 1.67. The van der Waals surface area contributed by atoms with Crippen molar-refractivity contribution in [2.45, 2.75) is 56.8 Å². The van der Waals surface area contributed by atoms with E-state index in [0.29, 0.717) is 17.2 Å². The molecule has 0 spiro atoms. The number of aromatic carboxylic acids is 1. The SMILES string of the molecule is CC(NC(=O)c1cc(OC(F)(F)F)cc(C2CC2)c1)c1nc(C2CC2)nn1-c1ncc(C(=O)O)s1. The number of benzene rings is 1. The lowest BCUT2D eigenvalue weighted by molar-refractivity contribution is -0.274. The molecule has 2 saturated carbocycles. The smallest absolute Gasteiger partial charge is 0.477 e. The fraction of sp³-hybridized carbons (Fsp3) is 0.409. The van der Waals surface area contributed by atoms with Crippen LogP contribution in [-0.4, -0.2) is 43.1 Å². The number of hydrogen-bond donors (Lipinski definition) is 2. The Hall–Kier alpha value is -3.48. The molecule has 0 radical (unpaired) electrons. The van der Waals surface area contributed by atoms with Gasteiger partial charge in [0.05, 0.1) is 12.2 Å². The third kappa shape index (κ3) is 5.29. The number of carbonyl (C=O) groups is 2. The van der Waals surface area contributed by atoms with Crippen LogP contribution in [0.4, 0.5) is 13.2 Å². The molecule has 184 valence electrons. The molecule has 5 rings (SSSR count). The Balaban J connectivity index is 1.42. The lowest BCUT2D eigenvalue weighted by Gasteiger charge is -2.16. The predicted molar refractivity (Wildman–Crippen MR) is 117 cm³/mol. The van der Waals surface area contributed by atoms with E-state index < -0.39 is 30.0 Å². The zero-order valence-electron chi connectivity index (χ0n) is 18.4.